The fraction of sp³-hybridized carbons (Fsp3) is 0.486. The van der Waals surface area contributed by atoms with Crippen molar-refractivity contribution in [3.05, 3.63) is 54.6 Å². The summed E-state index contributed by atoms with van der Waals surface area (Å²) < 4.78 is 17.2. The van der Waals surface area contributed by atoms with Gasteiger partial charge >= 0.3 is 5.97 Å². The first-order valence-electron chi connectivity index (χ1n) is 15.5. The predicted molar refractivity (Wildman–Crippen MR) is 168 cm³/mol. The molecular weight excluding hydrogens is 558 g/mol. The van der Waals surface area contributed by atoms with Crippen LogP contribution in [0.2, 0.25) is 0 Å². The van der Waals surface area contributed by atoms with Crippen LogP contribution in [-0.4, -0.2) is 78.6 Å². The van der Waals surface area contributed by atoms with Crippen molar-refractivity contribution in [2.75, 3.05) is 33.9 Å². The quantitative estimate of drug-likeness (QED) is 0.315. The Hall–Kier alpha value is -4.14. The number of fused-ring (bicyclic) bond motifs is 1. The summed E-state index contributed by atoms with van der Waals surface area (Å²) in [6.07, 6.45) is 2.99. The average molecular weight is 602 g/mol. The van der Waals surface area contributed by atoms with E-state index in [1.165, 1.54) is 7.11 Å². The van der Waals surface area contributed by atoms with E-state index in [2.05, 4.69) is 0 Å². The first kappa shape index (κ1) is 31.3. The van der Waals surface area contributed by atoms with E-state index in [1.807, 2.05) is 80.3 Å². The van der Waals surface area contributed by atoms with Crippen LogP contribution in [0.25, 0.3) is 22.2 Å². The second-order valence-corrected chi connectivity index (χ2v) is 12.8. The predicted octanol–water partition coefficient (Wildman–Crippen LogP) is 5.50. The minimum Gasteiger partial charge on any atom is -0.497 e. The van der Waals surface area contributed by atoms with Crippen LogP contribution in [0.15, 0.2) is 54.6 Å². The highest BCUT2D eigenvalue weighted by Crippen LogP contribution is 2.37. The molecule has 0 radical (unpaired) electrons. The first-order chi connectivity index (χ1) is 21.1. The van der Waals surface area contributed by atoms with E-state index >= 15 is 0 Å². The van der Waals surface area contributed by atoms with Gasteiger partial charge in [-0.15, -0.1) is 0 Å². The molecule has 0 spiro atoms. The first-order valence-corrected chi connectivity index (χ1v) is 15.5. The molecule has 1 aromatic heterocycles. The Kier molecular flexibility index (Phi) is 9.42. The Morgan fingerprint density at radius 1 is 0.977 bits per heavy atom. The number of hydrogen-bond acceptors (Lipinski definition) is 7. The van der Waals surface area contributed by atoms with Crippen molar-refractivity contribution in [1.82, 2.24) is 14.8 Å². The van der Waals surface area contributed by atoms with E-state index in [9.17, 15) is 14.4 Å². The molecular formula is C35H43N3O6. The van der Waals surface area contributed by atoms with Crippen LogP contribution in [0.3, 0.4) is 0 Å². The van der Waals surface area contributed by atoms with Gasteiger partial charge in [0.1, 0.15) is 23.6 Å². The molecule has 2 aliphatic rings. The molecule has 2 fully saturated rings. The fourth-order valence-electron chi connectivity index (χ4n) is 6.23. The Morgan fingerprint density at radius 2 is 1.70 bits per heavy atom. The van der Waals surface area contributed by atoms with E-state index in [4.69, 9.17) is 19.2 Å². The number of amides is 2. The summed E-state index contributed by atoms with van der Waals surface area (Å²) in [6, 6.07) is 16.5. The number of hydrogen-bond donors (Lipinski definition) is 0. The van der Waals surface area contributed by atoms with Crippen molar-refractivity contribution in [3.63, 3.8) is 0 Å². The van der Waals surface area contributed by atoms with Crippen LogP contribution in [0, 0.1) is 11.3 Å². The lowest BCUT2D eigenvalue weighted by Gasteiger charge is -2.36. The maximum Gasteiger partial charge on any atom is 0.328 e. The largest absolute Gasteiger partial charge is 0.497 e. The molecule has 3 heterocycles. The SMILES string of the molecule is COC(=O)[C@@H]1CC(Oc2cc(-c3ccccc3)nc3cc(OC)ccc23)CN1C(=O)[C@@H](CC(=O)N1CCCCC1)C(C)(C)C. The zero-order chi connectivity index (χ0) is 31.4. The molecule has 9 heteroatoms. The van der Waals surface area contributed by atoms with E-state index in [-0.39, 0.29) is 31.2 Å². The Morgan fingerprint density at radius 3 is 2.36 bits per heavy atom. The summed E-state index contributed by atoms with van der Waals surface area (Å²) in [7, 11) is 2.94. The molecule has 3 aromatic rings. The summed E-state index contributed by atoms with van der Waals surface area (Å²) in [5.41, 5.74) is 1.89. The van der Waals surface area contributed by atoms with Crippen LogP contribution < -0.4 is 9.47 Å². The molecule has 0 saturated carbocycles. The van der Waals surface area contributed by atoms with Crippen LogP contribution in [-0.2, 0) is 19.1 Å². The number of likely N-dealkylation sites (tertiary alicyclic amines) is 2. The monoisotopic (exact) mass is 601 g/mol. The number of nitrogens with zero attached hydrogens (tertiary/aromatic N) is 3. The van der Waals surface area contributed by atoms with Crippen molar-refractivity contribution < 1.29 is 28.6 Å². The molecule has 0 bridgehead atoms. The summed E-state index contributed by atoms with van der Waals surface area (Å²) in [4.78, 5) is 48.9. The number of aromatic nitrogens is 1. The van der Waals surface area contributed by atoms with Crippen LogP contribution in [0.1, 0.15) is 52.9 Å². The maximum atomic E-state index is 14.2. The number of carbonyl (C=O) groups excluding carboxylic acids is 3. The Labute approximate surface area is 259 Å². The topological polar surface area (TPSA) is 98.3 Å². The fourth-order valence-corrected chi connectivity index (χ4v) is 6.23. The van der Waals surface area contributed by atoms with Gasteiger partial charge in [-0.3, -0.25) is 9.59 Å². The highest BCUT2D eigenvalue weighted by Gasteiger charge is 2.46. The number of pyridine rings is 1. The number of ether oxygens (including phenoxy) is 3. The highest BCUT2D eigenvalue weighted by molar-refractivity contribution is 5.91. The van der Waals surface area contributed by atoms with E-state index in [0.29, 0.717) is 17.0 Å². The van der Waals surface area contributed by atoms with Gasteiger partial charge < -0.3 is 24.0 Å². The van der Waals surface area contributed by atoms with Crippen LogP contribution in [0.5, 0.6) is 11.5 Å². The highest BCUT2D eigenvalue weighted by atomic mass is 16.5. The molecule has 2 aliphatic heterocycles. The minimum atomic E-state index is -0.811. The van der Waals surface area contributed by atoms with Gasteiger partial charge in [0.25, 0.3) is 0 Å². The number of carbonyl (C=O) groups is 3. The molecule has 44 heavy (non-hydrogen) atoms. The van der Waals surface area contributed by atoms with E-state index < -0.39 is 29.4 Å². The number of rotatable bonds is 8. The second kappa shape index (κ2) is 13.2. The van der Waals surface area contributed by atoms with Crippen molar-refractivity contribution in [2.24, 2.45) is 11.3 Å². The summed E-state index contributed by atoms with van der Waals surface area (Å²) in [6.45, 7) is 7.57. The lowest BCUT2D eigenvalue weighted by Crippen LogP contribution is -2.49. The van der Waals surface area contributed by atoms with Crippen molar-refractivity contribution in [3.8, 4) is 22.8 Å². The van der Waals surface area contributed by atoms with E-state index in [1.54, 1.807) is 12.0 Å². The van der Waals surface area contributed by atoms with E-state index in [0.717, 1.165) is 49.0 Å². The Bertz CT molecular complexity index is 1500. The third-order valence-corrected chi connectivity index (χ3v) is 8.79. The summed E-state index contributed by atoms with van der Waals surface area (Å²) >= 11 is 0. The smallest absolute Gasteiger partial charge is 0.328 e. The Balaban J connectivity index is 1.44. The van der Waals surface area contributed by atoms with Crippen molar-refractivity contribution in [1.29, 1.82) is 0 Å². The number of benzene rings is 2. The van der Waals surface area contributed by atoms with Crippen molar-refractivity contribution >= 4 is 28.7 Å². The molecule has 0 aliphatic carbocycles. The van der Waals surface area contributed by atoms with Crippen LogP contribution in [0.4, 0.5) is 0 Å². The molecule has 5 rings (SSSR count). The lowest BCUT2D eigenvalue weighted by molar-refractivity contribution is -0.155. The third kappa shape index (κ3) is 6.82. The average Bonchev–Trinajstić information content (AvgIpc) is 3.46. The molecule has 3 atom stereocenters. The lowest BCUT2D eigenvalue weighted by atomic mass is 9.77. The standard InChI is InChI=1S/C35H43N3O6/c1-35(2,3)27(20-32(39)37-16-10-7-11-17-37)33(40)38-22-25(19-30(38)34(41)43-5)44-31-21-28(23-12-8-6-9-13-23)36-29-18-24(42-4)14-15-26(29)31/h6,8-9,12-15,18,21,25,27,30H,7,10-11,16-17,19-20,22H2,1-5H3/t25?,27-,30+/m1/s1. The number of piperidine rings is 1. The number of esters is 1. The number of methoxy groups -OCH3 is 2. The normalized spacial score (nSPS) is 19.5. The minimum absolute atomic E-state index is 0.00767. The van der Waals surface area contributed by atoms with Gasteiger partial charge in [-0.1, -0.05) is 51.1 Å². The molecule has 2 aromatic carbocycles. The van der Waals surface area contributed by atoms with Crippen molar-refractivity contribution in [2.45, 2.75) is 65.0 Å². The van der Waals surface area contributed by atoms with Gasteiger partial charge in [0.05, 0.1) is 37.9 Å². The molecule has 1 unspecified atom stereocenters. The molecule has 0 N–H and O–H groups in total. The van der Waals surface area contributed by atoms with Gasteiger partial charge in [0.15, 0.2) is 0 Å². The molecule has 2 saturated heterocycles. The summed E-state index contributed by atoms with van der Waals surface area (Å²) in [5.74, 6) is -0.0372. The van der Waals surface area contributed by atoms with Gasteiger partial charge in [-0.2, -0.15) is 0 Å². The summed E-state index contributed by atoms with van der Waals surface area (Å²) in [5, 5.41) is 0.796. The zero-order valence-electron chi connectivity index (χ0n) is 26.4. The third-order valence-electron chi connectivity index (χ3n) is 8.79. The second-order valence-electron chi connectivity index (χ2n) is 12.8. The molecule has 234 valence electrons. The van der Waals surface area contributed by atoms with Gasteiger partial charge in [-0.25, -0.2) is 9.78 Å². The molecule has 9 nitrogen and oxygen atoms in total. The van der Waals surface area contributed by atoms with Gasteiger partial charge in [0.2, 0.25) is 11.8 Å². The molecule has 2 amide bonds. The van der Waals surface area contributed by atoms with Gasteiger partial charge in [0, 0.05) is 49.0 Å². The van der Waals surface area contributed by atoms with Gasteiger partial charge in [-0.05, 0) is 36.8 Å². The maximum absolute atomic E-state index is 14.2. The zero-order valence-corrected chi connectivity index (χ0v) is 26.4. The van der Waals surface area contributed by atoms with Crippen LogP contribution >= 0.6 is 0 Å².